The summed E-state index contributed by atoms with van der Waals surface area (Å²) in [6.07, 6.45) is 0. The minimum atomic E-state index is -0.352. The Morgan fingerprint density at radius 1 is 1.11 bits per heavy atom. The van der Waals surface area contributed by atoms with Crippen molar-refractivity contribution in [3.8, 4) is 17.2 Å². The molecular weight excluding hydrogens is 368 g/mol. The second-order valence-corrected chi connectivity index (χ2v) is 6.45. The Hall–Kier alpha value is -2.44. The summed E-state index contributed by atoms with van der Waals surface area (Å²) in [5, 5.41) is 3.55. The van der Waals surface area contributed by atoms with Gasteiger partial charge in [-0.05, 0) is 50.4 Å². The lowest BCUT2D eigenvalue weighted by atomic mass is 10.2. The number of carbonyl (C=O) groups is 1. The third-order valence-electron chi connectivity index (χ3n) is 4.23. The number of carbonyl (C=O) groups excluding carboxylic acids is 1. The van der Waals surface area contributed by atoms with Crippen molar-refractivity contribution >= 4 is 23.2 Å². The Morgan fingerprint density at radius 3 is 2.41 bits per heavy atom. The number of hydrogen-bond acceptors (Lipinski definition) is 5. The first kappa shape index (κ1) is 20.9. The molecule has 2 aromatic rings. The van der Waals surface area contributed by atoms with E-state index in [0.29, 0.717) is 35.4 Å². The number of likely N-dealkylation sites (N-methyl/N-ethyl adjacent to an activating group) is 1. The maximum atomic E-state index is 12.6. The van der Waals surface area contributed by atoms with Gasteiger partial charge in [0.2, 0.25) is 5.91 Å². The van der Waals surface area contributed by atoms with Crippen LogP contribution in [-0.4, -0.2) is 51.3 Å². The average molecular weight is 393 g/mol. The van der Waals surface area contributed by atoms with E-state index in [1.54, 1.807) is 44.6 Å². The minimum absolute atomic E-state index is 0.143. The molecule has 0 aromatic heterocycles. The molecule has 0 spiro atoms. The van der Waals surface area contributed by atoms with Gasteiger partial charge in [-0.1, -0.05) is 11.6 Å². The SMILES string of the molecule is COc1ccc(OC)c(NC(=O)C(C)N(C)CCOc2ccc(Cl)cc2)c1. The van der Waals surface area contributed by atoms with Gasteiger partial charge in [0.15, 0.2) is 0 Å². The maximum absolute atomic E-state index is 12.6. The molecule has 0 aliphatic rings. The van der Waals surface area contributed by atoms with Crippen LogP contribution in [0.3, 0.4) is 0 Å². The molecule has 0 saturated heterocycles. The molecule has 0 radical (unpaired) electrons. The van der Waals surface area contributed by atoms with Crippen molar-refractivity contribution in [2.45, 2.75) is 13.0 Å². The highest BCUT2D eigenvalue weighted by Crippen LogP contribution is 2.29. The van der Waals surface area contributed by atoms with Gasteiger partial charge in [-0.15, -0.1) is 0 Å². The molecule has 1 N–H and O–H groups in total. The molecule has 146 valence electrons. The first-order chi connectivity index (χ1) is 12.9. The summed E-state index contributed by atoms with van der Waals surface area (Å²) in [6, 6.07) is 12.1. The summed E-state index contributed by atoms with van der Waals surface area (Å²) < 4.78 is 16.2. The molecule has 1 unspecified atom stereocenters. The monoisotopic (exact) mass is 392 g/mol. The van der Waals surface area contributed by atoms with E-state index in [2.05, 4.69) is 5.32 Å². The Labute approximate surface area is 165 Å². The van der Waals surface area contributed by atoms with Crippen LogP contribution < -0.4 is 19.5 Å². The number of amides is 1. The molecule has 2 rings (SSSR count). The summed E-state index contributed by atoms with van der Waals surface area (Å²) in [6.45, 7) is 2.88. The van der Waals surface area contributed by atoms with Crippen LogP contribution in [0.15, 0.2) is 42.5 Å². The molecule has 0 heterocycles. The van der Waals surface area contributed by atoms with Crippen molar-refractivity contribution in [3.05, 3.63) is 47.5 Å². The Morgan fingerprint density at radius 2 is 1.78 bits per heavy atom. The van der Waals surface area contributed by atoms with E-state index in [4.69, 9.17) is 25.8 Å². The lowest BCUT2D eigenvalue weighted by molar-refractivity contribution is -0.120. The van der Waals surface area contributed by atoms with Crippen molar-refractivity contribution in [1.29, 1.82) is 0 Å². The summed E-state index contributed by atoms with van der Waals surface area (Å²) in [7, 11) is 5.00. The van der Waals surface area contributed by atoms with Gasteiger partial charge in [0.05, 0.1) is 25.9 Å². The normalized spacial score (nSPS) is 11.8. The molecule has 0 aliphatic carbocycles. The van der Waals surface area contributed by atoms with E-state index in [1.807, 2.05) is 31.0 Å². The number of rotatable bonds is 9. The standard InChI is InChI=1S/C20H25ClN2O4/c1-14(23(2)11-12-27-16-7-5-15(21)6-8-16)20(24)22-18-13-17(25-3)9-10-19(18)26-4/h5-10,13-14H,11-12H2,1-4H3,(H,22,24). The van der Waals surface area contributed by atoms with Crippen LogP contribution in [0.4, 0.5) is 5.69 Å². The average Bonchev–Trinajstić information content (AvgIpc) is 2.68. The second-order valence-electron chi connectivity index (χ2n) is 6.01. The highest BCUT2D eigenvalue weighted by atomic mass is 35.5. The number of halogens is 1. The number of anilines is 1. The molecule has 6 nitrogen and oxygen atoms in total. The number of hydrogen-bond donors (Lipinski definition) is 1. The predicted octanol–water partition coefficient (Wildman–Crippen LogP) is 3.70. The fourth-order valence-electron chi connectivity index (χ4n) is 2.38. The van der Waals surface area contributed by atoms with E-state index in [0.717, 1.165) is 5.75 Å². The molecule has 27 heavy (non-hydrogen) atoms. The first-order valence-electron chi connectivity index (χ1n) is 8.56. The maximum Gasteiger partial charge on any atom is 0.241 e. The van der Waals surface area contributed by atoms with Crippen molar-refractivity contribution in [2.24, 2.45) is 0 Å². The molecule has 0 saturated carbocycles. The number of methoxy groups -OCH3 is 2. The van der Waals surface area contributed by atoms with E-state index < -0.39 is 0 Å². The first-order valence-corrected chi connectivity index (χ1v) is 8.94. The van der Waals surface area contributed by atoms with Gasteiger partial charge in [-0.25, -0.2) is 0 Å². The van der Waals surface area contributed by atoms with Crippen molar-refractivity contribution in [3.63, 3.8) is 0 Å². The zero-order valence-corrected chi connectivity index (χ0v) is 16.7. The Kier molecular flexibility index (Phi) is 7.76. The van der Waals surface area contributed by atoms with Crippen LogP contribution in [-0.2, 0) is 4.79 Å². The zero-order chi connectivity index (χ0) is 19.8. The third-order valence-corrected chi connectivity index (χ3v) is 4.48. The summed E-state index contributed by atoms with van der Waals surface area (Å²) >= 11 is 5.85. The lowest BCUT2D eigenvalue weighted by Gasteiger charge is -2.24. The van der Waals surface area contributed by atoms with Gasteiger partial charge in [0.1, 0.15) is 23.9 Å². The van der Waals surface area contributed by atoms with Crippen LogP contribution in [0, 0.1) is 0 Å². The molecule has 0 aliphatic heterocycles. The van der Waals surface area contributed by atoms with Gasteiger partial charge in [-0.3, -0.25) is 9.69 Å². The minimum Gasteiger partial charge on any atom is -0.497 e. The molecule has 1 atom stereocenters. The molecule has 0 bridgehead atoms. The van der Waals surface area contributed by atoms with Crippen molar-refractivity contribution in [2.75, 3.05) is 39.7 Å². The molecule has 1 amide bonds. The molecule has 0 fully saturated rings. The van der Waals surface area contributed by atoms with Crippen LogP contribution in [0.2, 0.25) is 5.02 Å². The smallest absolute Gasteiger partial charge is 0.241 e. The fraction of sp³-hybridized carbons (Fsp3) is 0.350. The lowest BCUT2D eigenvalue weighted by Crippen LogP contribution is -2.41. The second kappa shape index (κ2) is 10.0. The van der Waals surface area contributed by atoms with E-state index in [9.17, 15) is 4.79 Å². The summed E-state index contributed by atoms with van der Waals surface area (Å²) in [5.41, 5.74) is 0.569. The fourth-order valence-corrected chi connectivity index (χ4v) is 2.51. The van der Waals surface area contributed by atoms with Gasteiger partial charge < -0.3 is 19.5 Å². The van der Waals surface area contributed by atoms with Gasteiger partial charge in [0, 0.05) is 17.6 Å². The largest absolute Gasteiger partial charge is 0.497 e. The van der Waals surface area contributed by atoms with E-state index >= 15 is 0 Å². The number of benzene rings is 2. The molecule has 7 heteroatoms. The quantitative estimate of drug-likeness (QED) is 0.705. The number of nitrogens with zero attached hydrogens (tertiary/aromatic N) is 1. The molecule has 2 aromatic carbocycles. The molecular formula is C20H25ClN2O4. The Bertz CT molecular complexity index is 752. The highest BCUT2D eigenvalue weighted by molar-refractivity contribution is 6.30. The highest BCUT2D eigenvalue weighted by Gasteiger charge is 2.19. The van der Waals surface area contributed by atoms with Crippen LogP contribution in [0.1, 0.15) is 6.92 Å². The zero-order valence-electron chi connectivity index (χ0n) is 16.0. The van der Waals surface area contributed by atoms with Crippen molar-refractivity contribution < 1.29 is 19.0 Å². The van der Waals surface area contributed by atoms with Crippen molar-refractivity contribution in [1.82, 2.24) is 4.90 Å². The number of nitrogens with one attached hydrogen (secondary N) is 1. The topological polar surface area (TPSA) is 60.0 Å². The third kappa shape index (κ3) is 6.05. The van der Waals surface area contributed by atoms with Crippen LogP contribution in [0.25, 0.3) is 0 Å². The van der Waals surface area contributed by atoms with Crippen LogP contribution >= 0.6 is 11.6 Å². The Balaban J connectivity index is 1.89. The van der Waals surface area contributed by atoms with Gasteiger partial charge in [0.25, 0.3) is 0 Å². The van der Waals surface area contributed by atoms with Crippen LogP contribution in [0.5, 0.6) is 17.2 Å². The van der Waals surface area contributed by atoms with E-state index in [-0.39, 0.29) is 11.9 Å². The summed E-state index contributed by atoms with van der Waals surface area (Å²) in [4.78, 5) is 14.5. The van der Waals surface area contributed by atoms with Gasteiger partial charge >= 0.3 is 0 Å². The van der Waals surface area contributed by atoms with Gasteiger partial charge in [-0.2, -0.15) is 0 Å². The predicted molar refractivity (Wildman–Crippen MR) is 107 cm³/mol. The number of ether oxygens (including phenoxy) is 3. The summed E-state index contributed by atoms with van der Waals surface area (Å²) in [5.74, 6) is 1.81. The van der Waals surface area contributed by atoms with E-state index in [1.165, 1.54) is 0 Å².